The van der Waals surface area contributed by atoms with Gasteiger partial charge in [0.25, 0.3) is 0 Å². The number of ketones is 1. The number of fused-ring (bicyclic) bond motifs is 1. The monoisotopic (exact) mass is 524 g/mol. The fourth-order valence-electron chi connectivity index (χ4n) is 4.68. The lowest BCUT2D eigenvalue weighted by Crippen LogP contribution is -2.26. The first kappa shape index (κ1) is 22.0. The lowest BCUT2D eigenvalue weighted by Gasteiger charge is -2.29. The molecule has 1 aliphatic heterocycles. The van der Waals surface area contributed by atoms with E-state index in [1.165, 1.54) is 4.88 Å². The molecule has 5 nitrogen and oxygen atoms in total. The van der Waals surface area contributed by atoms with Gasteiger partial charge < -0.3 is 20.1 Å². The first-order chi connectivity index (χ1) is 16.1. The number of para-hydroxylation sites is 2. The van der Waals surface area contributed by atoms with Crippen LogP contribution in [0.1, 0.15) is 42.2 Å². The molecule has 7 heteroatoms. The Morgan fingerprint density at radius 3 is 2.67 bits per heavy atom. The van der Waals surface area contributed by atoms with Crippen molar-refractivity contribution in [3.05, 3.63) is 80.1 Å². The second-order valence-corrected chi connectivity index (χ2v) is 9.98. The molecule has 2 aliphatic rings. The number of hydrogen-bond donors (Lipinski definition) is 2. The van der Waals surface area contributed by atoms with Crippen LogP contribution in [-0.4, -0.2) is 19.5 Å². The Morgan fingerprint density at radius 1 is 1.12 bits per heavy atom. The van der Waals surface area contributed by atoms with Gasteiger partial charge in [-0.1, -0.05) is 18.2 Å². The number of Topliss-reactive ketones (excluding diaryl/α,β-unsaturated/α-hetero) is 1. The van der Waals surface area contributed by atoms with E-state index in [0.717, 1.165) is 39.1 Å². The maximum atomic E-state index is 13.6. The fraction of sp³-hybridized carbons (Fsp3) is 0.269. The van der Waals surface area contributed by atoms with Crippen molar-refractivity contribution in [1.29, 1.82) is 0 Å². The van der Waals surface area contributed by atoms with Crippen molar-refractivity contribution < 1.29 is 14.3 Å². The molecule has 0 amide bonds. The normalized spacial score (nSPS) is 19.7. The molecule has 2 heterocycles. The minimum absolute atomic E-state index is 0.164. The molecule has 2 atom stereocenters. The molecule has 33 heavy (non-hydrogen) atoms. The van der Waals surface area contributed by atoms with Crippen molar-refractivity contribution in [2.75, 3.05) is 24.4 Å². The predicted molar refractivity (Wildman–Crippen MR) is 137 cm³/mol. The molecule has 2 N–H and O–H groups in total. The number of anilines is 2. The molecule has 5 rings (SSSR count). The highest BCUT2D eigenvalue weighted by atomic mass is 79.9. The van der Waals surface area contributed by atoms with E-state index in [4.69, 9.17) is 9.47 Å². The van der Waals surface area contributed by atoms with E-state index < -0.39 is 0 Å². The summed E-state index contributed by atoms with van der Waals surface area (Å²) in [6.45, 7) is 2.46. The van der Waals surface area contributed by atoms with Crippen LogP contribution in [0.2, 0.25) is 0 Å². The lowest BCUT2D eigenvalue weighted by atomic mass is 9.80. The molecule has 2 aromatic carbocycles. The van der Waals surface area contributed by atoms with Gasteiger partial charge >= 0.3 is 0 Å². The van der Waals surface area contributed by atoms with Gasteiger partial charge in [0.05, 0.1) is 35.6 Å². The summed E-state index contributed by atoms with van der Waals surface area (Å²) in [4.78, 5) is 14.9. The van der Waals surface area contributed by atoms with Crippen molar-refractivity contribution >= 4 is 44.4 Å². The van der Waals surface area contributed by atoms with Crippen LogP contribution in [0.15, 0.2) is 69.7 Å². The molecule has 0 saturated carbocycles. The number of allylic oxidation sites excluding steroid dienone is 1. The molecule has 0 fully saturated rings. The summed E-state index contributed by atoms with van der Waals surface area (Å²) in [5.74, 6) is 1.65. The van der Waals surface area contributed by atoms with Crippen LogP contribution in [0.4, 0.5) is 11.4 Å². The number of nitrogens with one attached hydrogen (secondary N) is 2. The smallest absolute Gasteiger partial charge is 0.174 e. The zero-order valence-corrected chi connectivity index (χ0v) is 20.9. The Balaban J connectivity index is 1.64. The van der Waals surface area contributed by atoms with Crippen molar-refractivity contribution in [2.24, 2.45) is 0 Å². The largest absolute Gasteiger partial charge is 0.492 e. The third kappa shape index (κ3) is 4.15. The second-order valence-electron chi connectivity index (χ2n) is 8.15. The maximum Gasteiger partial charge on any atom is 0.174 e. The standard InChI is InChI=1S/C26H25BrN2O3S/c1-3-32-22-14-16(11-17(27)26(22)31-2)25-24-20(28-18-7-4-5-8-19(18)29-25)12-15(13-21(24)30)23-9-6-10-33-23/h4-11,14-15,25,28-29H,3,12-13H2,1-2H3/t15-,25+/m0/s1. The molecule has 170 valence electrons. The molecular weight excluding hydrogens is 500 g/mol. The van der Waals surface area contributed by atoms with Crippen LogP contribution in [-0.2, 0) is 4.79 Å². The average molecular weight is 525 g/mol. The number of halogens is 1. The van der Waals surface area contributed by atoms with E-state index in [1.807, 2.05) is 43.3 Å². The third-order valence-corrected chi connectivity index (χ3v) is 7.75. The van der Waals surface area contributed by atoms with E-state index >= 15 is 0 Å². The van der Waals surface area contributed by atoms with Gasteiger partial charge in [-0.2, -0.15) is 0 Å². The van der Waals surface area contributed by atoms with Crippen molar-refractivity contribution in [3.63, 3.8) is 0 Å². The highest BCUT2D eigenvalue weighted by Gasteiger charge is 2.36. The first-order valence-corrected chi connectivity index (χ1v) is 12.7. The Morgan fingerprint density at radius 2 is 1.94 bits per heavy atom. The minimum Gasteiger partial charge on any atom is -0.492 e. The highest BCUT2D eigenvalue weighted by molar-refractivity contribution is 9.10. The summed E-state index contributed by atoms with van der Waals surface area (Å²) in [5.41, 5.74) is 4.66. The Labute approximate surface area is 205 Å². The highest BCUT2D eigenvalue weighted by Crippen LogP contribution is 2.47. The average Bonchev–Trinajstić information content (AvgIpc) is 3.28. The van der Waals surface area contributed by atoms with E-state index in [0.29, 0.717) is 24.5 Å². The van der Waals surface area contributed by atoms with Crippen LogP contribution in [0.25, 0.3) is 0 Å². The molecule has 1 aliphatic carbocycles. The third-order valence-electron chi connectivity index (χ3n) is 6.12. The molecule has 0 spiro atoms. The first-order valence-electron chi connectivity index (χ1n) is 11.0. The van der Waals surface area contributed by atoms with Crippen LogP contribution >= 0.6 is 27.3 Å². The molecule has 0 saturated heterocycles. The number of carbonyl (C=O) groups excluding carboxylic acids is 1. The quantitative estimate of drug-likeness (QED) is 0.380. The van der Waals surface area contributed by atoms with Gasteiger partial charge in [-0.15, -0.1) is 11.3 Å². The van der Waals surface area contributed by atoms with Crippen LogP contribution in [0.5, 0.6) is 11.5 Å². The molecule has 0 bridgehead atoms. The van der Waals surface area contributed by atoms with Crippen LogP contribution in [0, 0.1) is 0 Å². The molecular formula is C26H25BrN2O3S. The summed E-state index contributed by atoms with van der Waals surface area (Å²) in [6, 6.07) is 15.9. The van der Waals surface area contributed by atoms with Gasteiger partial charge in [-0.25, -0.2) is 0 Å². The lowest BCUT2D eigenvalue weighted by molar-refractivity contribution is -0.116. The zero-order chi connectivity index (χ0) is 22.9. The molecule has 1 aromatic heterocycles. The SMILES string of the molecule is CCOc1cc([C@H]2Nc3ccccc3NC3=C2C(=O)C[C@@H](c2cccs2)C3)cc(Br)c1OC. The zero-order valence-electron chi connectivity index (χ0n) is 18.5. The van der Waals surface area contributed by atoms with Gasteiger partial charge in [0.15, 0.2) is 17.3 Å². The van der Waals surface area contributed by atoms with Gasteiger partial charge in [0, 0.05) is 28.5 Å². The summed E-state index contributed by atoms with van der Waals surface area (Å²) in [5, 5.41) is 9.30. The topological polar surface area (TPSA) is 59.6 Å². The van der Waals surface area contributed by atoms with Gasteiger partial charge in [-0.05, 0) is 70.5 Å². The number of benzene rings is 2. The van der Waals surface area contributed by atoms with Crippen molar-refractivity contribution in [2.45, 2.75) is 31.7 Å². The van der Waals surface area contributed by atoms with Gasteiger partial charge in [0.1, 0.15) is 0 Å². The number of ether oxygens (including phenoxy) is 2. The Bertz CT molecular complexity index is 1220. The van der Waals surface area contributed by atoms with Gasteiger partial charge in [-0.3, -0.25) is 4.79 Å². The van der Waals surface area contributed by atoms with E-state index in [9.17, 15) is 4.79 Å². The van der Waals surface area contributed by atoms with E-state index in [-0.39, 0.29) is 17.7 Å². The fourth-order valence-corrected chi connectivity index (χ4v) is 6.13. The van der Waals surface area contributed by atoms with Crippen molar-refractivity contribution in [3.8, 4) is 11.5 Å². The predicted octanol–water partition coefficient (Wildman–Crippen LogP) is 6.90. The molecule has 0 unspecified atom stereocenters. The second kappa shape index (κ2) is 9.23. The number of thiophene rings is 1. The number of hydrogen-bond acceptors (Lipinski definition) is 6. The van der Waals surface area contributed by atoms with Crippen LogP contribution < -0.4 is 20.1 Å². The summed E-state index contributed by atoms with van der Waals surface area (Å²) in [6.07, 6.45) is 1.30. The van der Waals surface area contributed by atoms with E-state index in [2.05, 4.69) is 44.1 Å². The number of rotatable bonds is 5. The summed E-state index contributed by atoms with van der Waals surface area (Å²) >= 11 is 5.35. The summed E-state index contributed by atoms with van der Waals surface area (Å²) < 4.78 is 12.2. The van der Waals surface area contributed by atoms with Crippen LogP contribution in [0.3, 0.4) is 0 Å². The summed E-state index contributed by atoms with van der Waals surface area (Å²) in [7, 11) is 1.63. The van der Waals surface area contributed by atoms with Gasteiger partial charge in [0.2, 0.25) is 0 Å². The van der Waals surface area contributed by atoms with E-state index in [1.54, 1.807) is 18.4 Å². The molecule has 3 aromatic rings. The molecule has 0 radical (unpaired) electrons. The number of methoxy groups -OCH3 is 1. The Hall–Kier alpha value is -2.77. The number of carbonyl (C=O) groups is 1. The van der Waals surface area contributed by atoms with Crippen molar-refractivity contribution in [1.82, 2.24) is 0 Å². The maximum absolute atomic E-state index is 13.6. The minimum atomic E-state index is -0.311. The Kier molecular flexibility index (Phi) is 6.17.